The summed E-state index contributed by atoms with van der Waals surface area (Å²) in [7, 11) is 4.01. The average molecular weight is 220 g/mol. The summed E-state index contributed by atoms with van der Waals surface area (Å²) < 4.78 is 0. The van der Waals surface area contributed by atoms with Crippen LogP contribution in [-0.4, -0.2) is 30.6 Å². The molecule has 0 bridgehead atoms. The molecule has 0 spiro atoms. The molecule has 4 nitrogen and oxygen atoms in total. The minimum atomic E-state index is 0.832. The molecule has 1 fully saturated rings. The highest BCUT2D eigenvalue weighted by Crippen LogP contribution is 2.30. The van der Waals surface area contributed by atoms with E-state index in [1.165, 1.54) is 18.4 Å². The van der Waals surface area contributed by atoms with Crippen LogP contribution in [0.4, 0.5) is 5.95 Å². The largest absolute Gasteiger partial charge is 0.344 e. The summed E-state index contributed by atoms with van der Waals surface area (Å²) in [5.74, 6) is 1.72. The zero-order chi connectivity index (χ0) is 11.5. The van der Waals surface area contributed by atoms with Crippen molar-refractivity contribution in [2.45, 2.75) is 26.3 Å². The second kappa shape index (κ2) is 4.78. The van der Waals surface area contributed by atoms with Gasteiger partial charge in [0.1, 0.15) is 0 Å². The Morgan fingerprint density at radius 3 is 2.81 bits per heavy atom. The lowest BCUT2D eigenvalue weighted by molar-refractivity contribution is 0.750. The van der Waals surface area contributed by atoms with Gasteiger partial charge in [-0.3, -0.25) is 0 Å². The van der Waals surface area contributed by atoms with Crippen molar-refractivity contribution in [3.63, 3.8) is 0 Å². The van der Waals surface area contributed by atoms with Crippen LogP contribution in [0.1, 0.15) is 24.1 Å². The number of aromatic nitrogens is 2. The zero-order valence-corrected chi connectivity index (χ0v) is 10.3. The molecule has 2 rings (SSSR count). The fourth-order valence-electron chi connectivity index (χ4n) is 1.80. The first-order valence-electron chi connectivity index (χ1n) is 5.89. The van der Waals surface area contributed by atoms with Gasteiger partial charge in [0.05, 0.1) is 0 Å². The molecular weight excluding hydrogens is 200 g/mol. The molecule has 1 N–H and O–H groups in total. The van der Waals surface area contributed by atoms with E-state index in [-0.39, 0.29) is 0 Å². The number of aryl methyl sites for hydroxylation is 1. The normalized spacial score (nSPS) is 15.2. The van der Waals surface area contributed by atoms with E-state index >= 15 is 0 Å². The molecule has 0 aromatic carbocycles. The minimum absolute atomic E-state index is 0.832. The van der Waals surface area contributed by atoms with Gasteiger partial charge >= 0.3 is 0 Å². The number of rotatable bonds is 5. The number of hydrogen-bond acceptors (Lipinski definition) is 4. The molecule has 0 amide bonds. The third-order valence-electron chi connectivity index (χ3n) is 3.01. The van der Waals surface area contributed by atoms with E-state index in [4.69, 9.17) is 0 Å². The SMILES string of the molecule is CNCc1cnc(N(C)CC2CC2)nc1C. The van der Waals surface area contributed by atoms with Gasteiger partial charge in [-0.05, 0) is 32.7 Å². The monoisotopic (exact) mass is 220 g/mol. The van der Waals surface area contributed by atoms with E-state index in [0.29, 0.717) is 0 Å². The summed E-state index contributed by atoms with van der Waals surface area (Å²) in [5.41, 5.74) is 2.24. The average Bonchev–Trinajstić information content (AvgIpc) is 3.05. The Bertz CT molecular complexity index is 360. The van der Waals surface area contributed by atoms with Crippen LogP contribution in [0.15, 0.2) is 6.20 Å². The highest BCUT2D eigenvalue weighted by molar-refractivity contribution is 5.32. The topological polar surface area (TPSA) is 41.1 Å². The second-order valence-corrected chi connectivity index (χ2v) is 4.63. The van der Waals surface area contributed by atoms with Crippen molar-refractivity contribution in [2.24, 2.45) is 5.92 Å². The van der Waals surface area contributed by atoms with Crippen LogP contribution in [0.3, 0.4) is 0 Å². The number of nitrogens with one attached hydrogen (secondary N) is 1. The Hall–Kier alpha value is -1.16. The third-order valence-corrected chi connectivity index (χ3v) is 3.01. The summed E-state index contributed by atoms with van der Waals surface area (Å²) in [6.07, 6.45) is 4.65. The molecule has 16 heavy (non-hydrogen) atoms. The summed E-state index contributed by atoms with van der Waals surface area (Å²) >= 11 is 0. The number of hydrogen-bond donors (Lipinski definition) is 1. The lowest BCUT2D eigenvalue weighted by Gasteiger charge is -2.17. The van der Waals surface area contributed by atoms with Gasteiger partial charge in [-0.15, -0.1) is 0 Å². The molecule has 0 aliphatic heterocycles. The predicted octanol–water partition coefficient (Wildman–Crippen LogP) is 1.35. The first kappa shape index (κ1) is 11.3. The van der Waals surface area contributed by atoms with E-state index < -0.39 is 0 Å². The summed E-state index contributed by atoms with van der Waals surface area (Å²) in [5, 5.41) is 3.12. The maximum absolute atomic E-state index is 4.55. The molecule has 1 aromatic rings. The molecule has 0 saturated heterocycles. The standard InChI is InChI=1S/C12H20N4/c1-9-11(6-13-2)7-14-12(15-9)16(3)8-10-4-5-10/h7,10,13H,4-6,8H2,1-3H3. The van der Waals surface area contributed by atoms with Crippen molar-refractivity contribution in [3.05, 3.63) is 17.5 Å². The molecule has 88 valence electrons. The summed E-state index contributed by atoms with van der Waals surface area (Å²) in [6.45, 7) is 3.96. The second-order valence-electron chi connectivity index (χ2n) is 4.63. The van der Waals surface area contributed by atoms with Crippen molar-refractivity contribution in [1.82, 2.24) is 15.3 Å². The van der Waals surface area contributed by atoms with Gasteiger partial charge in [-0.2, -0.15) is 0 Å². The Balaban J connectivity index is 2.06. The van der Waals surface area contributed by atoms with Crippen LogP contribution in [0, 0.1) is 12.8 Å². The lowest BCUT2D eigenvalue weighted by atomic mass is 10.2. The van der Waals surface area contributed by atoms with Crippen LogP contribution in [0.5, 0.6) is 0 Å². The quantitative estimate of drug-likeness (QED) is 0.813. The van der Waals surface area contributed by atoms with Gasteiger partial charge in [0, 0.05) is 37.6 Å². The van der Waals surface area contributed by atoms with Gasteiger partial charge in [-0.1, -0.05) is 0 Å². The molecule has 1 aliphatic carbocycles. The fourth-order valence-corrected chi connectivity index (χ4v) is 1.80. The predicted molar refractivity (Wildman–Crippen MR) is 65.5 cm³/mol. The molecule has 1 heterocycles. The van der Waals surface area contributed by atoms with Crippen LogP contribution >= 0.6 is 0 Å². The van der Waals surface area contributed by atoms with Crippen molar-refractivity contribution in [1.29, 1.82) is 0 Å². The van der Waals surface area contributed by atoms with Crippen LogP contribution < -0.4 is 10.2 Å². The van der Waals surface area contributed by atoms with Crippen LogP contribution in [0.25, 0.3) is 0 Å². The van der Waals surface area contributed by atoms with Gasteiger partial charge in [0.25, 0.3) is 0 Å². The maximum atomic E-state index is 4.55. The maximum Gasteiger partial charge on any atom is 0.225 e. The molecule has 0 radical (unpaired) electrons. The molecule has 1 aromatic heterocycles. The van der Waals surface area contributed by atoms with Gasteiger partial charge in [-0.25, -0.2) is 9.97 Å². The minimum Gasteiger partial charge on any atom is -0.344 e. The third kappa shape index (κ3) is 2.70. The van der Waals surface area contributed by atoms with E-state index in [0.717, 1.165) is 30.6 Å². The smallest absolute Gasteiger partial charge is 0.225 e. The summed E-state index contributed by atoms with van der Waals surface area (Å²) in [6, 6.07) is 0. The first-order valence-corrected chi connectivity index (χ1v) is 5.89. The first-order chi connectivity index (χ1) is 7.70. The Labute approximate surface area is 97.1 Å². The fraction of sp³-hybridized carbons (Fsp3) is 0.667. The Morgan fingerprint density at radius 1 is 1.50 bits per heavy atom. The van der Waals surface area contributed by atoms with Gasteiger partial charge in [0.15, 0.2) is 0 Å². The van der Waals surface area contributed by atoms with Crippen molar-refractivity contribution in [3.8, 4) is 0 Å². The number of nitrogens with zero attached hydrogens (tertiary/aromatic N) is 3. The number of anilines is 1. The van der Waals surface area contributed by atoms with E-state index in [1.54, 1.807) is 0 Å². The molecule has 1 saturated carbocycles. The van der Waals surface area contributed by atoms with Crippen LogP contribution in [0.2, 0.25) is 0 Å². The van der Waals surface area contributed by atoms with Crippen LogP contribution in [-0.2, 0) is 6.54 Å². The zero-order valence-electron chi connectivity index (χ0n) is 10.3. The molecule has 0 unspecified atom stereocenters. The van der Waals surface area contributed by atoms with Crippen molar-refractivity contribution in [2.75, 3.05) is 25.5 Å². The Morgan fingerprint density at radius 2 is 2.25 bits per heavy atom. The summed E-state index contributed by atoms with van der Waals surface area (Å²) in [4.78, 5) is 11.1. The highest BCUT2D eigenvalue weighted by atomic mass is 15.2. The molecule has 1 aliphatic rings. The van der Waals surface area contributed by atoms with E-state index in [2.05, 4.69) is 27.2 Å². The van der Waals surface area contributed by atoms with E-state index in [9.17, 15) is 0 Å². The molecular formula is C12H20N4. The molecule has 0 atom stereocenters. The highest BCUT2D eigenvalue weighted by Gasteiger charge is 2.23. The van der Waals surface area contributed by atoms with Crippen molar-refractivity contribution >= 4 is 5.95 Å². The van der Waals surface area contributed by atoms with Gasteiger partial charge in [0.2, 0.25) is 5.95 Å². The van der Waals surface area contributed by atoms with Crippen molar-refractivity contribution < 1.29 is 0 Å². The van der Waals surface area contributed by atoms with E-state index in [1.807, 2.05) is 20.2 Å². The lowest BCUT2D eigenvalue weighted by Crippen LogP contribution is -2.23. The van der Waals surface area contributed by atoms with Gasteiger partial charge < -0.3 is 10.2 Å². The molecule has 4 heteroatoms. The Kier molecular flexibility index (Phi) is 3.39.